The lowest BCUT2D eigenvalue weighted by Crippen LogP contribution is -2.31. The topological polar surface area (TPSA) is 68.5 Å². The van der Waals surface area contributed by atoms with Gasteiger partial charge in [-0.25, -0.2) is 0 Å². The first-order valence-corrected chi connectivity index (χ1v) is 9.24. The van der Waals surface area contributed by atoms with Gasteiger partial charge in [-0.1, -0.05) is 40.5 Å². The highest BCUT2D eigenvalue weighted by Crippen LogP contribution is 2.26. The van der Waals surface area contributed by atoms with Crippen molar-refractivity contribution >= 4 is 17.5 Å². The number of carbonyl (C=O) groups is 1. The van der Waals surface area contributed by atoms with E-state index in [0.717, 1.165) is 22.3 Å². The van der Waals surface area contributed by atoms with Gasteiger partial charge in [-0.05, 0) is 50.1 Å². The first kappa shape index (κ1) is 19.9. The number of rotatable bonds is 6. The minimum atomic E-state index is -0.194. The fourth-order valence-electron chi connectivity index (χ4n) is 2.76. The van der Waals surface area contributed by atoms with E-state index in [1.54, 1.807) is 7.05 Å². The number of hydrogen-bond donors (Lipinski definition) is 0. The molecule has 0 fully saturated rings. The molecule has 7 heteroatoms. The van der Waals surface area contributed by atoms with Gasteiger partial charge in [-0.2, -0.15) is 4.98 Å². The molecule has 0 saturated heterocycles. The number of carbonyl (C=O) groups excluding carboxylic acids is 1. The summed E-state index contributed by atoms with van der Waals surface area (Å²) in [6.07, 6.45) is 0. The average molecular weight is 400 g/mol. The van der Waals surface area contributed by atoms with E-state index in [1.807, 2.05) is 57.2 Å². The molecule has 3 aromatic rings. The lowest BCUT2D eigenvalue weighted by atomic mass is 10.1. The van der Waals surface area contributed by atoms with E-state index in [0.29, 0.717) is 22.5 Å². The Kier molecular flexibility index (Phi) is 5.99. The summed E-state index contributed by atoms with van der Waals surface area (Å²) in [6.45, 7) is 5.92. The van der Waals surface area contributed by atoms with Crippen molar-refractivity contribution in [1.29, 1.82) is 0 Å². The monoisotopic (exact) mass is 399 g/mol. The second-order valence-corrected chi connectivity index (χ2v) is 7.17. The number of hydrogen-bond acceptors (Lipinski definition) is 5. The molecule has 1 amide bonds. The van der Waals surface area contributed by atoms with Crippen LogP contribution in [0.5, 0.6) is 5.75 Å². The predicted molar refractivity (Wildman–Crippen MR) is 107 cm³/mol. The largest absolute Gasteiger partial charge is 0.484 e. The smallest absolute Gasteiger partial charge is 0.260 e. The molecule has 0 saturated carbocycles. The van der Waals surface area contributed by atoms with Gasteiger partial charge in [-0.15, -0.1) is 0 Å². The van der Waals surface area contributed by atoms with E-state index in [9.17, 15) is 4.79 Å². The van der Waals surface area contributed by atoms with Crippen LogP contribution in [0.3, 0.4) is 0 Å². The Hall–Kier alpha value is -2.86. The summed E-state index contributed by atoms with van der Waals surface area (Å²) >= 11 is 6.15. The standard InChI is InChI=1S/C21H22ClN3O3/c1-13-6-5-7-16(8-13)21-23-18(28-24-21)11-25(4)19(26)12-27-17-9-14(2)20(22)15(3)10-17/h5-10H,11-12H2,1-4H3. The molecule has 0 aliphatic rings. The maximum absolute atomic E-state index is 12.4. The number of benzene rings is 2. The molecular formula is C21H22ClN3O3. The molecule has 2 aromatic carbocycles. The molecule has 0 atom stereocenters. The van der Waals surface area contributed by atoms with Crippen molar-refractivity contribution in [1.82, 2.24) is 15.0 Å². The zero-order valence-electron chi connectivity index (χ0n) is 16.3. The van der Waals surface area contributed by atoms with E-state index in [4.69, 9.17) is 20.9 Å². The van der Waals surface area contributed by atoms with Gasteiger partial charge >= 0.3 is 0 Å². The Labute approximate surface area is 169 Å². The van der Waals surface area contributed by atoms with Crippen LogP contribution in [-0.2, 0) is 11.3 Å². The third-order valence-electron chi connectivity index (χ3n) is 4.31. The first-order valence-electron chi connectivity index (χ1n) is 8.86. The van der Waals surface area contributed by atoms with Crippen molar-refractivity contribution < 1.29 is 14.1 Å². The molecule has 3 rings (SSSR count). The van der Waals surface area contributed by atoms with Gasteiger partial charge in [0.25, 0.3) is 5.91 Å². The quantitative estimate of drug-likeness (QED) is 0.616. The van der Waals surface area contributed by atoms with Gasteiger partial charge in [0.05, 0.1) is 6.54 Å². The van der Waals surface area contributed by atoms with E-state index in [-0.39, 0.29) is 19.1 Å². The molecule has 0 radical (unpaired) electrons. The van der Waals surface area contributed by atoms with Crippen LogP contribution < -0.4 is 4.74 Å². The Bertz CT molecular complexity index is 977. The molecule has 0 aliphatic heterocycles. The minimum absolute atomic E-state index is 0.0874. The van der Waals surface area contributed by atoms with Gasteiger partial charge in [-0.3, -0.25) is 4.79 Å². The molecule has 0 unspecified atom stereocenters. The van der Waals surface area contributed by atoms with Crippen LogP contribution >= 0.6 is 11.6 Å². The van der Waals surface area contributed by atoms with Crippen molar-refractivity contribution in [3.8, 4) is 17.1 Å². The second-order valence-electron chi connectivity index (χ2n) is 6.79. The highest BCUT2D eigenvalue weighted by Gasteiger charge is 2.16. The van der Waals surface area contributed by atoms with Gasteiger partial charge in [0.15, 0.2) is 6.61 Å². The Morgan fingerprint density at radius 1 is 1.18 bits per heavy atom. The molecule has 0 spiro atoms. The third-order valence-corrected chi connectivity index (χ3v) is 4.91. The van der Waals surface area contributed by atoms with Gasteiger partial charge in [0.2, 0.25) is 11.7 Å². The van der Waals surface area contributed by atoms with Crippen LogP contribution in [0.1, 0.15) is 22.6 Å². The summed E-state index contributed by atoms with van der Waals surface area (Å²) in [5, 5.41) is 4.70. The third kappa shape index (κ3) is 4.70. The van der Waals surface area contributed by atoms with Gasteiger partial charge in [0, 0.05) is 17.6 Å². The van der Waals surface area contributed by atoms with Crippen LogP contribution in [-0.4, -0.2) is 34.6 Å². The van der Waals surface area contributed by atoms with Crippen molar-refractivity contribution in [2.75, 3.05) is 13.7 Å². The van der Waals surface area contributed by atoms with Gasteiger partial charge in [0.1, 0.15) is 5.75 Å². The molecule has 28 heavy (non-hydrogen) atoms. The fraction of sp³-hybridized carbons (Fsp3) is 0.286. The first-order chi connectivity index (χ1) is 13.3. The molecule has 1 aromatic heterocycles. The zero-order chi connectivity index (χ0) is 20.3. The van der Waals surface area contributed by atoms with E-state index in [1.165, 1.54) is 4.90 Å². The molecule has 1 heterocycles. The van der Waals surface area contributed by atoms with Crippen molar-refractivity contribution in [3.05, 3.63) is 64.0 Å². The number of amides is 1. The number of aromatic nitrogens is 2. The highest BCUT2D eigenvalue weighted by molar-refractivity contribution is 6.32. The fourth-order valence-corrected chi connectivity index (χ4v) is 2.87. The van der Waals surface area contributed by atoms with E-state index >= 15 is 0 Å². The number of aryl methyl sites for hydroxylation is 3. The maximum Gasteiger partial charge on any atom is 0.260 e. The Morgan fingerprint density at radius 2 is 1.89 bits per heavy atom. The lowest BCUT2D eigenvalue weighted by Gasteiger charge is -2.16. The van der Waals surface area contributed by atoms with Crippen molar-refractivity contribution in [3.63, 3.8) is 0 Å². The molecule has 146 valence electrons. The number of ether oxygens (including phenoxy) is 1. The number of nitrogens with zero attached hydrogens (tertiary/aromatic N) is 3. The second kappa shape index (κ2) is 8.44. The van der Waals surface area contributed by atoms with E-state index < -0.39 is 0 Å². The summed E-state index contributed by atoms with van der Waals surface area (Å²) in [5.74, 6) is 1.29. The summed E-state index contributed by atoms with van der Waals surface area (Å²) in [4.78, 5) is 18.2. The number of likely N-dealkylation sites (N-methyl/N-ethyl adjacent to an activating group) is 1. The van der Waals surface area contributed by atoms with Crippen molar-refractivity contribution in [2.45, 2.75) is 27.3 Å². The molecule has 0 bridgehead atoms. The van der Waals surface area contributed by atoms with E-state index in [2.05, 4.69) is 10.1 Å². The van der Waals surface area contributed by atoms with Crippen LogP contribution in [0, 0.1) is 20.8 Å². The molecule has 0 N–H and O–H groups in total. The predicted octanol–water partition coefficient (Wildman–Crippen LogP) is 4.35. The summed E-state index contributed by atoms with van der Waals surface area (Å²) in [6, 6.07) is 11.5. The minimum Gasteiger partial charge on any atom is -0.484 e. The number of halogens is 1. The summed E-state index contributed by atoms with van der Waals surface area (Å²) < 4.78 is 10.9. The van der Waals surface area contributed by atoms with Crippen LogP contribution in [0.2, 0.25) is 5.02 Å². The van der Waals surface area contributed by atoms with Crippen LogP contribution in [0.25, 0.3) is 11.4 Å². The van der Waals surface area contributed by atoms with Crippen molar-refractivity contribution in [2.24, 2.45) is 0 Å². The summed E-state index contributed by atoms with van der Waals surface area (Å²) in [5.41, 5.74) is 3.81. The maximum atomic E-state index is 12.4. The van der Waals surface area contributed by atoms with Gasteiger partial charge < -0.3 is 14.2 Å². The molecule has 6 nitrogen and oxygen atoms in total. The zero-order valence-corrected chi connectivity index (χ0v) is 17.1. The SMILES string of the molecule is Cc1cccc(-c2noc(CN(C)C(=O)COc3cc(C)c(Cl)c(C)c3)n2)c1. The normalized spacial score (nSPS) is 10.8. The van der Waals surface area contributed by atoms with Crippen LogP contribution in [0.15, 0.2) is 40.9 Å². The lowest BCUT2D eigenvalue weighted by molar-refractivity contribution is -0.132. The molecular weight excluding hydrogens is 378 g/mol. The average Bonchev–Trinajstić information content (AvgIpc) is 3.12. The molecule has 0 aliphatic carbocycles. The Morgan fingerprint density at radius 3 is 2.57 bits per heavy atom. The Balaban J connectivity index is 1.59. The highest BCUT2D eigenvalue weighted by atomic mass is 35.5. The summed E-state index contributed by atoms with van der Waals surface area (Å²) in [7, 11) is 1.67. The van der Waals surface area contributed by atoms with Crippen LogP contribution in [0.4, 0.5) is 0 Å².